The van der Waals surface area contributed by atoms with Gasteiger partial charge in [-0.3, -0.25) is 4.99 Å². The van der Waals surface area contributed by atoms with E-state index in [0.29, 0.717) is 6.54 Å². The Balaban J connectivity index is 0.00000242. The predicted molar refractivity (Wildman–Crippen MR) is 105 cm³/mol. The lowest BCUT2D eigenvalue weighted by molar-refractivity contribution is -0.0828. The summed E-state index contributed by atoms with van der Waals surface area (Å²) in [6.45, 7) is 6.21. The maximum atomic E-state index is 5.74. The number of rotatable bonds is 6. The molecule has 5 nitrogen and oxygen atoms in total. The maximum Gasteiger partial charge on any atom is 0.191 e. The van der Waals surface area contributed by atoms with E-state index in [1.807, 2.05) is 0 Å². The van der Waals surface area contributed by atoms with Gasteiger partial charge in [0.2, 0.25) is 0 Å². The number of aliphatic imine (C=N–C) groups is 1. The van der Waals surface area contributed by atoms with Gasteiger partial charge in [-0.1, -0.05) is 0 Å². The molecule has 0 amide bonds. The van der Waals surface area contributed by atoms with Crippen LogP contribution in [0.25, 0.3) is 0 Å². The van der Waals surface area contributed by atoms with Gasteiger partial charge in [0.1, 0.15) is 0 Å². The van der Waals surface area contributed by atoms with Crippen LogP contribution in [0.3, 0.4) is 0 Å². The monoisotopic (exact) mass is 443 g/mol. The molecule has 2 fully saturated rings. The lowest BCUT2D eigenvalue weighted by Crippen LogP contribution is -2.44. The van der Waals surface area contributed by atoms with Crippen LogP contribution in [0.4, 0.5) is 0 Å². The van der Waals surface area contributed by atoms with Crippen LogP contribution < -0.4 is 10.6 Å². The fraction of sp³-hybridized carbons (Fsp3) is 0.933. The van der Waals surface area contributed by atoms with Crippen LogP contribution in [0.15, 0.2) is 4.99 Å². The Kier molecular flexibility index (Phi) is 10.1. The lowest BCUT2D eigenvalue weighted by Gasteiger charge is -2.34. The molecule has 0 aromatic carbocycles. The zero-order valence-electron chi connectivity index (χ0n) is 13.7. The second-order valence-corrected chi connectivity index (χ2v) is 7.12. The van der Waals surface area contributed by atoms with Crippen LogP contribution in [0.1, 0.15) is 32.6 Å². The third-order valence-electron chi connectivity index (χ3n) is 4.23. The molecular weight excluding hydrogens is 413 g/mol. The molecule has 7 heteroatoms. The molecule has 2 aliphatic heterocycles. The lowest BCUT2D eigenvalue weighted by atomic mass is 9.94. The second-order valence-electron chi connectivity index (χ2n) is 5.71. The summed E-state index contributed by atoms with van der Waals surface area (Å²) in [7, 11) is 1.79. The van der Waals surface area contributed by atoms with Crippen LogP contribution in [0.2, 0.25) is 0 Å². The summed E-state index contributed by atoms with van der Waals surface area (Å²) in [5, 5.41) is 7.53. The van der Waals surface area contributed by atoms with Crippen LogP contribution in [-0.2, 0) is 9.47 Å². The highest BCUT2D eigenvalue weighted by Gasteiger charge is 2.32. The Morgan fingerprint density at radius 2 is 2.14 bits per heavy atom. The molecule has 0 aliphatic carbocycles. The van der Waals surface area contributed by atoms with E-state index in [9.17, 15) is 0 Å². The average molecular weight is 443 g/mol. The molecule has 0 spiro atoms. The van der Waals surface area contributed by atoms with Crippen molar-refractivity contribution in [3.63, 3.8) is 0 Å². The molecular formula is C15H30IN3O2S. The van der Waals surface area contributed by atoms with E-state index in [1.165, 1.54) is 18.6 Å². The Hall–Kier alpha value is 0.270. The number of hydrogen-bond acceptors (Lipinski definition) is 4. The third-order valence-corrected chi connectivity index (χ3v) is 5.63. The largest absolute Gasteiger partial charge is 0.381 e. The summed E-state index contributed by atoms with van der Waals surface area (Å²) in [6, 6.07) is 0. The highest BCUT2D eigenvalue weighted by Crippen LogP contribution is 2.26. The zero-order chi connectivity index (χ0) is 15.0. The normalized spacial score (nSPS) is 24.6. The quantitative estimate of drug-likeness (QED) is 0.375. The topological polar surface area (TPSA) is 54.9 Å². The summed E-state index contributed by atoms with van der Waals surface area (Å²) in [5.74, 6) is 2.21. The molecule has 0 radical (unpaired) electrons. The Bertz CT molecular complexity index is 333. The molecule has 0 bridgehead atoms. The molecule has 2 heterocycles. The SMILES string of the molecule is CCNC(=NCC1(OC)CCOCC1)NCC1CCCS1.I. The summed E-state index contributed by atoms with van der Waals surface area (Å²) in [5.41, 5.74) is -0.150. The van der Waals surface area contributed by atoms with Gasteiger partial charge in [-0.2, -0.15) is 11.8 Å². The summed E-state index contributed by atoms with van der Waals surface area (Å²) in [4.78, 5) is 4.75. The van der Waals surface area contributed by atoms with Crippen molar-refractivity contribution in [2.75, 3.05) is 45.7 Å². The molecule has 0 saturated carbocycles. The molecule has 1 unspecified atom stereocenters. The molecule has 130 valence electrons. The summed E-state index contributed by atoms with van der Waals surface area (Å²) >= 11 is 2.07. The van der Waals surface area contributed by atoms with Crippen molar-refractivity contribution < 1.29 is 9.47 Å². The van der Waals surface area contributed by atoms with Crippen molar-refractivity contribution in [1.29, 1.82) is 0 Å². The van der Waals surface area contributed by atoms with Gasteiger partial charge in [-0.05, 0) is 25.5 Å². The number of halogens is 1. The Morgan fingerprint density at radius 3 is 2.73 bits per heavy atom. The van der Waals surface area contributed by atoms with Crippen molar-refractivity contribution in [2.45, 2.75) is 43.5 Å². The van der Waals surface area contributed by atoms with E-state index in [1.54, 1.807) is 7.11 Å². The molecule has 0 aromatic rings. The predicted octanol–water partition coefficient (Wildman–Crippen LogP) is 2.25. The first-order valence-electron chi connectivity index (χ1n) is 8.05. The Labute approximate surface area is 155 Å². The van der Waals surface area contributed by atoms with Gasteiger partial charge in [-0.15, -0.1) is 24.0 Å². The van der Waals surface area contributed by atoms with E-state index in [-0.39, 0.29) is 29.6 Å². The van der Waals surface area contributed by atoms with Crippen LogP contribution in [0, 0.1) is 0 Å². The molecule has 2 saturated heterocycles. The van der Waals surface area contributed by atoms with E-state index < -0.39 is 0 Å². The van der Waals surface area contributed by atoms with Crippen molar-refractivity contribution >= 4 is 41.7 Å². The number of guanidine groups is 1. The molecule has 1 atom stereocenters. The van der Waals surface area contributed by atoms with Crippen molar-refractivity contribution in [2.24, 2.45) is 4.99 Å². The third kappa shape index (κ3) is 6.41. The van der Waals surface area contributed by atoms with Crippen LogP contribution in [-0.4, -0.2) is 62.5 Å². The number of thioether (sulfide) groups is 1. The molecule has 2 N–H and O–H groups in total. The second kappa shape index (κ2) is 10.9. The van der Waals surface area contributed by atoms with Gasteiger partial charge in [0.05, 0.1) is 12.1 Å². The molecule has 0 aromatic heterocycles. The Morgan fingerprint density at radius 1 is 1.36 bits per heavy atom. The highest BCUT2D eigenvalue weighted by molar-refractivity contribution is 14.0. The first kappa shape index (κ1) is 20.3. The first-order chi connectivity index (χ1) is 10.3. The first-order valence-corrected chi connectivity index (χ1v) is 9.09. The van der Waals surface area contributed by atoms with Crippen LogP contribution >= 0.6 is 35.7 Å². The van der Waals surface area contributed by atoms with E-state index in [4.69, 9.17) is 14.5 Å². The van der Waals surface area contributed by atoms with Crippen molar-refractivity contribution in [3.05, 3.63) is 0 Å². The van der Waals surface area contributed by atoms with Gasteiger partial charge in [0.15, 0.2) is 5.96 Å². The smallest absolute Gasteiger partial charge is 0.191 e. The number of nitrogens with zero attached hydrogens (tertiary/aromatic N) is 1. The zero-order valence-corrected chi connectivity index (χ0v) is 16.9. The molecule has 2 aliphatic rings. The highest BCUT2D eigenvalue weighted by atomic mass is 127. The van der Waals surface area contributed by atoms with Crippen molar-refractivity contribution in [3.8, 4) is 0 Å². The summed E-state index contributed by atoms with van der Waals surface area (Å²) in [6.07, 6.45) is 4.50. The molecule has 22 heavy (non-hydrogen) atoms. The number of nitrogens with one attached hydrogen (secondary N) is 2. The van der Waals surface area contributed by atoms with Gasteiger partial charge >= 0.3 is 0 Å². The molecule has 2 rings (SSSR count). The fourth-order valence-corrected chi connectivity index (χ4v) is 3.95. The number of hydrogen-bond donors (Lipinski definition) is 2. The fourth-order valence-electron chi connectivity index (χ4n) is 2.75. The minimum Gasteiger partial charge on any atom is -0.381 e. The minimum absolute atomic E-state index is 0. The van der Waals surface area contributed by atoms with Crippen molar-refractivity contribution in [1.82, 2.24) is 10.6 Å². The summed E-state index contributed by atoms with van der Waals surface area (Å²) < 4.78 is 11.2. The van der Waals surface area contributed by atoms with E-state index >= 15 is 0 Å². The van der Waals surface area contributed by atoms with E-state index in [2.05, 4.69) is 29.3 Å². The van der Waals surface area contributed by atoms with Gasteiger partial charge < -0.3 is 20.1 Å². The number of ether oxygens (including phenoxy) is 2. The van der Waals surface area contributed by atoms with Gasteiger partial charge in [0, 0.05) is 51.5 Å². The van der Waals surface area contributed by atoms with Gasteiger partial charge in [0.25, 0.3) is 0 Å². The van der Waals surface area contributed by atoms with Crippen LogP contribution in [0.5, 0.6) is 0 Å². The van der Waals surface area contributed by atoms with E-state index in [0.717, 1.165) is 50.4 Å². The van der Waals surface area contributed by atoms with Gasteiger partial charge in [-0.25, -0.2) is 0 Å². The minimum atomic E-state index is -0.150. The standard InChI is InChI=1S/C15H29N3O2S.HI/c1-3-16-14(17-11-13-5-4-10-21-13)18-12-15(19-2)6-8-20-9-7-15;/h13H,3-12H2,1-2H3,(H2,16,17,18);1H. The average Bonchev–Trinajstić information content (AvgIpc) is 3.04. The maximum absolute atomic E-state index is 5.74. The number of methoxy groups -OCH3 is 1.